The lowest BCUT2D eigenvalue weighted by molar-refractivity contribution is -0.140. The Kier molecular flexibility index (Phi) is 5.83. The summed E-state index contributed by atoms with van der Waals surface area (Å²) in [6.45, 7) is 0.736. The molecule has 0 spiro atoms. The van der Waals surface area contributed by atoms with E-state index in [1.807, 2.05) is 0 Å². The third-order valence-corrected chi connectivity index (χ3v) is 4.81. The number of nitrogens with zero attached hydrogens (tertiary/aromatic N) is 3. The Morgan fingerprint density at radius 1 is 1.32 bits per heavy atom. The number of carboxylic acids is 1. The summed E-state index contributed by atoms with van der Waals surface area (Å²) in [6, 6.07) is 2.50. The standard InChI is InChI=1S/C16H16F3N3O5S/c1-9-7-20-15(22(2)28(3,25)26)21-14(9)11-6-10(16(17,18)19)4-5-12(11)27-8-13(23)24/h4-7H,8H2,1-3H3,(H,23,24). The molecule has 8 nitrogen and oxygen atoms in total. The van der Waals surface area contributed by atoms with E-state index in [2.05, 4.69) is 9.97 Å². The van der Waals surface area contributed by atoms with Gasteiger partial charge >= 0.3 is 12.1 Å². The van der Waals surface area contributed by atoms with Crippen LogP contribution in [0.5, 0.6) is 5.75 Å². The molecule has 152 valence electrons. The maximum absolute atomic E-state index is 13.1. The number of aliphatic carboxylic acids is 1. The highest BCUT2D eigenvalue weighted by Gasteiger charge is 2.32. The molecule has 1 aromatic carbocycles. The molecule has 0 saturated carbocycles. The summed E-state index contributed by atoms with van der Waals surface area (Å²) in [6.07, 6.45) is -2.49. The maximum Gasteiger partial charge on any atom is 0.416 e. The lowest BCUT2D eigenvalue weighted by atomic mass is 10.0. The van der Waals surface area contributed by atoms with E-state index in [9.17, 15) is 26.4 Å². The first kappa shape index (κ1) is 21.4. The van der Waals surface area contributed by atoms with E-state index >= 15 is 0 Å². The van der Waals surface area contributed by atoms with Gasteiger partial charge in [0.1, 0.15) is 5.75 Å². The molecule has 1 heterocycles. The van der Waals surface area contributed by atoms with Crippen molar-refractivity contribution >= 4 is 21.9 Å². The Bertz CT molecular complexity index is 1010. The van der Waals surface area contributed by atoms with Crippen molar-refractivity contribution in [3.63, 3.8) is 0 Å². The summed E-state index contributed by atoms with van der Waals surface area (Å²) in [5.74, 6) is -1.72. The van der Waals surface area contributed by atoms with Crippen molar-refractivity contribution in [3.8, 4) is 17.0 Å². The van der Waals surface area contributed by atoms with Crippen LogP contribution in [0.25, 0.3) is 11.3 Å². The lowest BCUT2D eigenvalue weighted by Crippen LogP contribution is -2.27. The van der Waals surface area contributed by atoms with E-state index < -0.39 is 34.3 Å². The van der Waals surface area contributed by atoms with E-state index in [1.54, 1.807) is 0 Å². The number of sulfonamides is 1. The fraction of sp³-hybridized carbons (Fsp3) is 0.312. The number of carboxylic acid groups (broad SMARTS) is 1. The van der Waals surface area contributed by atoms with Gasteiger partial charge in [-0.1, -0.05) is 0 Å². The highest BCUT2D eigenvalue weighted by molar-refractivity contribution is 7.92. The first-order valence-corrected chi connectivity index (χ1v) is 9.49. The molecule has 0 unspecified atom stereocenters. The predicted octanol–water partition coefficient (Wildman–Crippen LogP) is 2.33. The Balaban J connectivity index is 2.68. The summed E-state index contributed by atoms with van der Waals surface area (Å²) in [5.41, 5.74) is -0.822. The third kappa shape index (κ3) is 4.88. The number of alkyl halides is 3. The summed E-state index contributed by atoms with van der Waals surface area (Å²) in [4.78, 5) is 18.7. The predicted molar refractivity (Wildman–Crippen MR) is 93.6 cm³/mol. The number of carbonyl (C=O) groups is 1. The average Bonchev–Trinajstić information content (AvgIpc) is 2.58. The molecule has 0 bridgehead atoms. The summed E-state index contributed by atoms with van der Waals surface area (Å²) in [5, 5.41) is 8.78. The molecule has 28 heavy (non-hydrogen) atoms. The number of hydrogen-bond acceptors (Lipinski definition) is 6. The summed E-state index contributed by atoms with van der Waals surface area (Å²) in [7, 11) is -2.52. The fourth-order valence-electron chi connectivity index (χ4n) is 2.16. The smallest absolute Gasteiger partial charge is 0.416 e. The van der Waals surface area contributed by atoms with Gasteiger partial charge in [-0.25, -0.2) is 27.5 Å². The SMILES string of the molecule is Cc1cnc(N(C)S(C)(=O)=O)nc1-c1cc(C(F)(F)F)ccc1OCC(=O)O. The maximum atomic E-state index is 13.1. The molecule has 2 rings (SSSR count). The lowest BCUT2D eigenvalue weighted by Gasteiger charge is -2.18. The number of hydrogen-bond donors (Lipinski definition) is 1. The second-order valence-electron chi connectivity index (χ2n) is 5.82. The van der Waals surface area contributed by atoms with Crippen LogP contribution in [0.15, 0.2) is 24.4 Å². The average molecular weight is 419 g/mol. The molecule has 0 aliphatic heterocycles. The summed E-state index contributed by atoms with van der Waals surface area (Å²) >= 11 is 0. The number of rotatable bonds is 6. The molecular formula is C16H16F3N3O5S. The monoisotopic (exact) mass is 419 g/mol. The van der Waals surface area contributed by atoms with Crippen LogP contribution in [-0.2, 0) is 21.0 Å². The van der Waals surface area contributed by atoms with E-state index in [0.717, 1.165) is 28.8 Å². The third-order valence-electron chi connectivity index (χ3n) is 3.65. The van der Waals surface area contributed by atoms with E-state index in [1.165, 1.54) is 20.2 Å². The van der Waals surface area contributed by atoms with Crippen LogP contribution in [0.4, 0.5) is 19.1 Å². The van der Waals surface area contributed by atoms with Gasteiger partial charge in [-0.05, 0) is 30.7 Å². The van der Waals surface area contributed by atoms with E-state index in [-0.39, 0.29) is 23.0 Å². The second-order valence-corrected chi connectivity index (χ2v) is 7.84. The minimum absolute atomic E-state index is 0.0213. The van der Waals surface area contributed by atoms with Gasteiger partial charge < -0.3 is 9.84 Å². The van der Waals surface area contributed by atoms with Crippen LogP contribution >= 0.6 is 0 Å². The Labute approximate surface area is 158 Å². The summed E-state index contributed by atoms with van der Waals surface area (Å²) < 4.78 is 68.7. The van der Waals surface area contributed by atoms with E-state index in [0.29, 0.717) is 5.56 Å². The van der Waals surface area contributed by atoms with Crippen LogP contribution in [0.2, 0.25) is 0 Å². The minimum atomic E-state index is -4.66. The molecule has 1 N–H and O–H groups in total. The first-order chi connectivity index (χ1) is 12.8. The molecule has 0 atom stereocenters. The number of ether oxygens (including phenoxy) is 1. The van der Waals surface area contributed by atoms with Gasteiger partial charge in [-0.2, -0.15) is 13.2 Å². The van der Waals surface area contributed by atoms with Crippen molar-refractivity contribution < 1.29 is 36.2 Å². The van der Waals surface area contributed by atoms with Crippen molar-refractivity contribution in [2.45, 2.75) is 13.1 Å². The Hall–Kier alpha value is -2.89. The second kappa shape index (κ2) is 7.62. The molecule has 2 aromatic rings. The molecule has 0 aliphatic rings. The zero-order valence-electron chi connectivity index (χ0n) is 15.0. The van der Waals surface area contributed by atoms with Crippen LogP contribution in [0, 0.1) is 6.92 Å². The largest absolute Gasteiger partial charge is 0.481 e. The fourth-order valence-corrected chi connectivity index (χ4v) is 2.55. The van der Waals surface area contributed by atoms with Gasteiger partial charge in [0.15, 0.2) is 6.61 Å². The molecule has 0 fully saturated rings. The number of halogens is 3. The van der Waals surface area contributed by atoms with Gasteiger partial charge in [0.05, 0.1) is 17.5 Å². The van der Waals surface area contributed by atoms with Crippen LogP contribution in [0.1, 0.15) is 11.1 Å². The number of benzene rings is 1. The van der Waals surface area contributed by atoms with Gasteiger partial charge in [-0.15, -0.1) is 0 Å². The molecule has 0 amide bonds. The molecular weight excluding hydrogens is 403 g/mol. The Morgan fingerprint density at radius 3 is 2.50 bits per heavy atom. The zero-order chi connectivity index (χ0) is 21.3. The van der Waals surface area contributed by atoms with Gasteiger partial charge in [0, 0.05) is 18.8 Å². The number of anilines is 1. The topological polar surface area (TPSA) is 110 Å². The minimum Gasteiger partial charge on any atom is -0.481 e. The van der Waals surface area contributed by atoms with Gasteiger partial charge in [0.2, 0.25) is 16.0 Å². The van der Waals surface area contributed by atoms with Crippen LogP contribution in [0.3, 0.4) is 0 Å². The quantitative estimate of drug-likeness (QED) is 0.765. The van der Waals surface area contributed by atoms with Crippen molar-refractivity contribution in [2.24, 2.45) is 0 Å². The highest BCUT2D eigenvalue weighted by atomic mass is 32.2. The molecule has 0 saturated heterocycles. The number of aryl methyl sites for hydroxylation is 1. The van der Waals surface area contributed by atoms with Gasteiger partial charge in [-0.3, -0.25) is 0 Å². The molecule has 1 aromatic heterocycles. The molecule has 12 heteroatoms. The van der Waals surface area contributed by atoms with E-state index in [4.69, 9.17) is 9.84 Å². The van der Waals surface area contributed by atoms with Crippen molar-refractivity contribution in [1.29, 1.82) is 0 Å². The van der Waals surface area contributed by atoms with Crippen LogP contribution in [-0.4, -0.2) is 49.4 Å². The molecule has 0 aliphatic carbocycles. The van der Waals surface area contributed by atoms with Crippen molar-refractivity contribution in [2.75, 3.05) is 24.2 Å². The Morgan fingerprint density at radius 2 is 1.96 bits per heavy atom. The van der Waals surface area contributed by atoms with Crippen LogP contribution < -0.4 is 9.04 Å². The highest BCUT2D eigenvalue weighted by Crippen LogP contribution is 2.38. The first-order valence-electron chi connectivity index (χ1n) is 7.64. The molecule has 0 radical (unpaired) electrons. The number of aromatic nitrogens is 2. The normalized spacial score (nSPS) is 11.9. The van der Waals surface area contributed by atoms with Gasteiger partial charge in [0.25, 0.3) is 0 Å². The zero-order valence-corrected chi connectivity index (χ0v) is 15.8. The van der Waals surface area contributed by atoms with Crippen molar-refractivity contribution in [1.82, 2.24) is 9.97 Å². The van der Waals surface area contributed by atoms with Crippen molar-refractivity contribution in [3.05, 3.63) is 35.5 Å².